The number of methoxy groups -OCH3 is 2. The van der Waals surface area contributed by atoms with Crippen LogP contribution in [0.25, 0.3) is 12.2 Å². The molecule has 2 aromatic rings. The van der Waals surface area contributed by atoms with Gasteiger partial charge in [0.15, 0.2) is 35.4 Å². The molecule has 2 aliphatic heterocycles. The summed E-state index contributed by atoms with van der Waals surface area (Å²) in [5.41, 5.74) is 1.00. The Labute approximate surface area is 275 Å². The van der Waals surface area contributed by atoms with Crippen LogP contribution in [0, 0.1) is 0 Å². The van der Waals surface area contributed by atoms with Crippen molar-refractivity contribution >= 4 is 18.1 Å². The second kappa shape index (κ2) is 16.4. The van der Waals surface area contributed by atoms with Crippen LogP contribution in [0.1, 0.15) is 18.1 Å². The van der Waals surface area contributed by atoms with Crippen LogP contribution in [0.3, 0.4) is 0 Å². The van der Waals surface area contributed by atoms with E-state index in [1.54, 1.807) is 24.3 Å². The zero-order chi connectivity index (χ0) is 35.1. The molecule has 2 aromatic carbocycles. The molecule has 48 heavy (non-hydrogen) atoms. The van der Waals surface area contributed by atoms with E-state index in [4.69, 9.17) is 33.2 Å². The summed E-state index contributed by atoms with van der Waals surface area (Å²) < 4.78 is 39.2. The number of aliphatic hydroxyl groups is 6. The summed E-state index contributed by atoms with van der Waals surface area (Å²) in [4.78, 5) is 12.1. The summed E-state index contributed by atoms with van der Waals surface area (Å²) in [7, 11) is 2.70. The maximum Gasteiger partial charge on any atom is 0.331 e. The SMILES string of the molecule is COc1cc(C=CCOC(=O)C=Cc2ccc(O)c(O)c2)cc(OC)c1OC1OC(CO)C(O)C(O)C1OC1OC(C)C(O)C(O)C1O. The van der Waals surface area contributed by atoms with E-state index >= 15 is 0 Å². The number of benzene rings is 2. The van der Waals surface area contributed by atoms with Gasteiger partial charge in [0.05, 0.1) is 26.9 Å². The minimum Gasteiger partial charge on any atom is -0.504 e. The van der Waals surface area contributed by atoms with Crippen LogP contribution in [0.5, 0.6) is 28.7 Å². The first kappa shape index (κ1) is 36.9. The van der Waals surface area contributed by atoms with Gasteiger partial charge in [-0.2, -0.15) is 0 Å². The molecular formula is C32H40O16. The Balaban J connectivity index is 1.48. The molecule has 8 N–H and O–H groups in total. The number of ether oxygens (including phenoxy) is 7. The Bertz CT molecular complexity index is 1420. The highest BCUT2D eigenvalue weighted by Crippen LogP contribution is 2.41. The number of aliphatic hydroxyl groups excluding tert-OH is 6. The Kier molecular flexibility index (Phi) is 12.6. The molecule has 2 fully saturated rings. The van der Waals surface area contributed by atoms with Crippen LogP contribution < -0.4 is 14.2 Å². The Morgan fingerprint density at radius 2 is 1.50 bits per heavy atom. The van der Waals surface area contributed by atoms with E-state index in [2.05, 4.69) is 0 Å². The molecule has 2 aliphatic rings. The van der Waals surface area contributed by atoms with Crippen LogP contribution >= 0.6 is 0 Å². The van der Waals surface area contributed by atoms with E-state index in [1.165, 1.54) is 45.4 Å². The number of carbonyl (C=O) groups excluding carboxylic acids is 1. The van der Waals surface area contributed by atoms with Gasteiger partial charge in [-0.15, -0.1) is 0 Å². The molecule has 0 radical (unpaired) electrons. The smallest absolute Gasteiger partial charge is 0.331 e. The lowest BCUT2D eigenvalue weighted by Crippen LogP contribution is -2.64. The van der Waals surface area contributed by atoms with E-state index in [0.29, 0.717) is 11.1 Å². The second-order valence-corrected chi connectivity index (χ2v) is 11.0. The number of rotatable bonds is 12. The van der Waals surface area contributed by atoms with Gasteiger partial charge in [0.25, 0.3) is 0 Å². The molecule has 0 aliphatic carbocycles. The first-order valence-electron chi connectivity index (χ1n) is 14.8. The van der Waals surface area contributed by atoms with Crippen molar-refractivity contribution in [3.63, 3.8) is 0 Å². The van der Waals surface area contributed by atoms with E-state index in [1.807, 2.05) is 0 Å². The number of hydrogen-bond acceptors (Lipinski definition) is 16. The van der Waals surface area contributed by atoms with Gasteiger partial charge in [0.2, 0.25) is 12.0 Å². The lowest BCUT2D eigenvalue weighted by atomic mass is 9.97. The largest absolute Gasteiger partial charge is 0.504 e. The molecule has 0 saturated carbocycles. The lowest BCUT2D eigenvalue weighted by Gasteiger charge is -2.45. The van der Waals surface area contributed by atoms with Gasteiger partial charge in [-0.1, -0.05) is 12.1 Å². The first-order valence-corrected chi connectivity index (χ1v) is 14.8. The molecule has 10 unspecified atom stereocenters. The van der Waals surface area contributed by atoms with Gasteiger partial charge in [-0.05, 0) is 54.5 Å². The summed E-state index contributed by atoms with van der Waals surface area (Å²) in [5.74, 6) is -1.05. The predicted octanol–water partition coefficient (Wildman–Crippen LogP) is -0.585. The van der Waals surface area contributed by atoms with Gasteiger partial charge in [0, 0.05) is 6.08 Å². The standard InChI is InChI=1S/C32H40O16/c1-15-24(37)26(39)28(41)31(45-15)48-30-27(40)25(38)22(14-33)46-32(30)47-29-20(42-2)12-17(13-21(29)43-3)5-4-10-44-23(36)9-7-16-6-8-18(34)19(35)11-16/h4-9,11-13,15,22,24-28,30-35,37-41H,10,14H2,1-3H3. The Morgan fingerprint density at radius 3 is 2.12 bits per heavy atom. The molecule has 16 nitrogen and oxygen atoms in total. The molecule has 4 rings (SSSR count). The van der Waals surface area contributed by atoms with Crippen LogP contribution in [0.4, 0.5) is 0 Å². The molecule has 16 heteroatoms. The molecule has 0 spiro atoms. The minimum atomic E-state index is -1.74. The average Bonchev–Trinajstić information content (AvgIpc) is 3.08. The summed E-state index contributed by atoms with van der Waals surface area (Å²) >= 11 is 0. The predicted molar refractivity (Wildman–Crippen MR) is 164 cm³/mol. The van der Waals surface area contributed by atoms with E-state index in [-0.39, 0.29) is 35.4 Å². The monoisotopic (exact) mass is 680 g/mol. The van der Waals surface area contributed by atoms with Gasteiger partial charge in [0.1, 0.15) is 43.2 Å². The van der Waals surface area contributed by atoms with Crippen molar-refractivity contribution in [2.24, 2.45) is 0 Å². The molecule has 10 atom stereocenters. The lowest BCUT2D eigenvalue weighted by molar-refractivity contribution is -0.354. The van der Waals surface area contributed by atoms with Crippen molar-refractivity contribution in [1.82, 2.24) is 0 Å². The number of esters is 1. The zero-order valence-corrected chi connectivity index (χ0v) is 26.2. The van der Waals surface area contributed by atoms with E-state index in [0.717, 1.165) is 6.08 Å². The van der Waals surface area contributed by atoms with Crippen LogP contribution in [0.15, 0.2) is 42.5 Å². The molecule has 0 aromatic heterocycles. The fourth-order valence-corrected chi connectivity index (χ4v) is 4.98. The molecule has 0 amide bonds. The van der Waals surface area contributed by atoms with Gasteiger partial charge in [-0.3, -0.25) is 0 Å². The molecule has 2 heterocycles. The fraction of sp³-hybridized carbons (Fsp3) is 0.469. The third-order valence-corrected chi connectivity index (χ3v) is 7.68. The summed E-state index contributed by atoms with van der Waals surface area (Å²) in [6, 6.07) is 7.17. The summed E-state index contributed by atoms with van der Waals surface area (Å²) in [6.07, 6.45) is -9.42. The maximum atomic E-state index is 12.1. The van der Waals surface area contributed by atoms with Crippen molar-refractivity contribution < 1.29 is 78.8 Å². The number of carbonyl (C=O) groups is 1. The van der Waals surface area contributed by atoms with Crippen molar-refractivity contribution in [3.8, 4) is 28.7 Å². The zero-order valence-electron chi connectivity index (χ0n) is 26.2. The molecule has 2 saturated heterocycles. The first-order chi connectivity index (χ1) is 22.9. The number of phenolic OH excluding ortho intramolecular Hbond substituents is 2. The number of phenols is 2. The third-order valence-electron chi connectivity index (χ3n) is 7.68. The Morgan fingerprint density at radius 1 is 0.812 bits per heavy atom. The average molecular weight is 681 g/mol. The number of hydrogen-bond donors (Lipinski definition) is 8. The second-order valence-electron chi connectivity index (χ2n) is 11.0. The highest BCUT2D eigenvalue weighted by atomic mass is 16.8. The minimum absolute atomic E-state index is 0.0261. The van der Waals surface area contributed by atoms with Crippen LogP contribution in [0.2, 0.25) is 0 Å². The van der Waals surface area contributed by atoms with Crippen LogP contribution in [-0.2, 0) is 23.7 Å². The van der Waals surface area contributed by atoms with Crippen molar-refractivity contribution in [3.05, 3.63) is 53.6 Å². The fourth-order valence-electron chi connectivity index (χ4n) is 4.98. The van der Waals surface area contributed by atoms with Crippen molar-refractivity contribution in [2.45, 2.75) is 68.3 Å². The maximum absolute atomic E-state index is 12.1. The van der Waals surface area contributed by atoms with Crippen molar-refractivity contribution in [1.29, 1.82) is 0 Å². The Hall–Kier alpha value is -3.97. The highest BCUT2D eigenvalue weighted by Gasteiger charge is 2.51. The molecule has 0 bridgehead atoms. The topological polar surface area (TPSA) is 244 Å². The normalized spacial score (nSPS) is 30.8. The van der Waals surface area contributed by atoms with Gasteiger partial charge < -0.3 is 74.0 Å². The van der Waals surface area contributed by atoms with Gasteiger partial charge >= 0.3 is 5.97 Å². The summed E-state index contributed by atoms with van der Waals surface area (Å²) in [6.45, 7) is 0.631. The van der Waals surface area contributed by atoms with Crippen LogP contribution in [-0.4, -0.2) is 136 Å². The quantitative estimate of drug-likeness (QED) is 0.0794. The summed E-state index contributed by atoms with van der Waals surface area (Å²) in [5, 5.41) is 80.9. The van der Waals surface area contributed by atoms with E-state index in [9.17, 15) is 45.6 Å². The van der Waals surface area contributed by atoms with Gasteiger partial charge in [-0.25, -0.2) is 4.79 Å². The van der Waals surface area contributed by atoms with Crippen molar-refractivity contribution in [2.75, 3.05) is 27.4 Å². The third kappa shape index (κ3) is 8.54. The van der Waals surface area contributed by atoms with E-state index < -0.39 is 74.0 Å². The molecule has 264 valence electrons. The molecular weight excluding hydrogens is 640 g/mol. The number of aromatic hydroxyl groups is 2. The highest BCUT2D eigenvalue weighted by molar-refractivity contribution is 5.87.